The first kappa shape index (κ1) is 14.3. The second-order valence-corrected chi connectivity index (χ2v) is 6.91. The van der Waals surface area contributed by atoms with E-state index in [4.69, 9.17) is 16.1 Å². The average molecular weight is 325 g/mol. The van der Waals surface area contributed by atoms with Gasteiger partial charge in [-0.25, -0.2) is 0 Å². The maximum atomic E-state index is 12.0. The van der Waals surface area contributed by atoms with Crippen LogP contribution in [0, 0.1) is 0 Å². The van der Waals surface area contributed by atoms with E-state index in [0.717, 1.165) is 12.0 Å². The molecule has 0 radical (unpaired) electrons. The molecule has 110 valence electrons. The van der Waals surface area contributed by atoms with Gasteiger partial charge >= 0.3 is 0 Å². The first-order chi connectivity index (χ1) is 10.1. The molecule has 1 aliphatic heterocycles. The van der Waals surface area contributed by atoms with E-state index in [-0.39, 0.29) is 17.7 Å². The minimum absolute atomic E-state index is 0.0574. The second kappa shape index (κ2) is 5.99. The monoisotopic (exact) mass is 324 g/mol. The molecule has 1 aromatic carbocycles. The van der Waals surface area contributed by atoms with Gasteiger partial charge in [0.15, 0.2) is 0 Å². The minimum Gasteiger partial charge on any atom is -0.350 e. The fourth-order valence-electron chi connectivity index (χ4n) is 2.20. The highest BCUT2D eigenvalue weighted by Crippen LogP contribution is 2.22. The van der Waals surface area contributed by atoms with Crippen molar-refractivity contribution in [3.05, 3.63) is 41.1 Å². The zero-order chi connectivity index (χ0) is 14.8. The number of nitrogens with one attached hydrogen (secondary N) is 1. The van der Waals surface area contributed by atoms with Gasteiger partial charge in [-0.3, -0.25) is 9.00 Å². The highest BCUT2D eigenvalue weighted by atomic mass is 35.5. The first-order valence-electron chi connectivity index (χ1n) is 6.50. The predicted molar refractivity (Wildman–Crippen MR) is 80.7 cm³/mol. The molecule has 3 rings (SSSR count). The third-order valence-corrected chi connectivity index (χ3v) is 4.97. The largest absolute Gasteiger partial charge is 0.350 e. The summed E-state index contributed by atoms with van der Waals surface area (Å²) in [5, 5.41) is 7.29. The summed E-state index contributed by atoms with van der Waals surface area (Å²) in [5.74, 6) is 0.943. The van der Waals surface area contributed by atoms with E-state index in [0.29, 0.717) is 22.2 Å². The molecule has 21 heavy (non-hydrogen) atoms. The Morgan fingerprint density at radius 2 is 2.29 bits per heavy atom. The smallest absolute Gasteiger partial charge is 0.290 e. The van der Waals surface area contributed by atoms with Gasteiger partial charge in [-0.15, -0.1) is 0 Å². The lowest BCUT2D eigenvalue weighted by molar-refractivity contribution is 0.0904. The van der Waals surface area contributed by atoms with Crippen molar-refractivity contribution in [2.45, 2.75) is 12.5 Å². The predicted octanol–water partition coefficient (Wildman–Crippen LogP) is 2.25. The summed E-state index contributed by atoms with van der Waals surface area (Å²) in [6.07, 6.45) is 0.730. The Labute approximate surface area is 129 Å². The normalized spacial score (nSPS) is 21.4. The van der Waals surface area contributed by atoms with Gasteiger partial charge in [0.05, 0.1) is 0 Å². The molecule has 1 amide bonds. The minimum atomic E-state index is -0.828. The summed E-state index contributed by atoms with van der Waals surface area (Å²) >= 11 is 5.92. The first-order valence-corrected chi connectivity index (χ1v) is 8.37. The molecule has 2 aromatic rings. The van der Waals surface area contributed by atoms with Crippen molar-refractivity contribution in [2.75, 3.05) is 11.5 Å². The van der Waals surface area contributed by atoms with Gasteiger partial charge in [0.1, 0.15) is 5.69 Å². The molecule has 0 saturated carbocycles. The lowest BCUT2D eigenvalue weighted by Gasteiger charge is -2.08. The van der Waals surface area contributed by atoms with Gasteiger partial charge in [0.25, 0.3) is 5.91 Å². The van der Waals surface area contributed by atoms with Crippen LogP contribution in [0.3, 0.4) is 0 Å². The van der Waals surface area contributed by atoms with Gasteiger partial charge in [0, 0.05) is 45.0 Å². The summed E-state index contributed by atoms with van der Waals surface area (Å²) in [4.78, 5) is 12.0. The molecule has 0 aliphatic carbocycles. The van der Waals surface area contributed by atoms with Gasteiger partial charge in [0.2, 0.25) is 5.76 Å². The van der Waals surface area contributed by atoms with Gasteiger partial charge in [-0.1, -0.05) is 28.9 Å². The number of nitrogens with zero attached hydrogens (tertiary/aromatic N) is 1. The van der Waals surface area contributed by atoms with Crippen molar-refractivity contribution in [3.63, 3.8) is 0 Å². The van der Waals surface area contributed by atoms with E-state index in [9.17, 15) is 9.00 Å². The van der Waals surface area contributed by atoms with Crippen LogP contribution in [-0.4, -0.2) is 32.8 Å². The lowest BCUT2D eigenvalue weighted by atomic mass is 10.1. The van der Waals surface area contributed by atoms with Gasteiger partial charge in [-0.2, -0.15) is 0 Å². The zero-order valence-electron chi connectivity index (χ0n) is 11.0. The van der Waals surface area contributed by atoms with E-state index < -0.39 is 10.8 Å². The maximum Gasteiger partial charge on any atom is 0.290 e. The van der Waals surface area contributed by atoms with E-state index in [1.807, 2.05) is 6.07 Å². The number of rotatable bonds is 3. The summed E-state index contributed by atoms with van der Waals surface area (Å²) < 4.78 is 16.4. The van der Waals surface area contributed by atoms with Crippen molar-refractivity contribution in [2.24, 2.45) is 0 Å². The molecule has 0 bridgehead atoms. The fourth-order valence-corrected chi connectivity index (χ4v) is 3.80. The van der Waals surface area contributed by atoms with Crippen LogP contribution < -0.4 is 5.32 Å². The second-order valence-electron chi connectivity index (χ2n) is 4.86. The van der Waals surface area contributed by atoms with E-state index in [1.165, 1.54) is 0 Å². The molecule has 0 unspecified atom stereocenters. The molecule has 2 heterocycles. The molecule has 1 fully saturated rings. The summed E-state index contributed by atoms with van der Waals surface area (Å²) in [7, 11) is -0.828. The molecule has 1 aromatic heterocycles. The Balaban J connectivity index is 1.72. The van der Waals surface area contributed by atoms with Crippen LogP contribution in [-0.2, 0) is 10.8 Å². The molecule has 1 N–H and O–H groups in total. The van der Waals surface area contributed by atoms with Crippen LogP contribution >= 0.6 is 11.6 Å². The quantitative estimate of drug-likeness (QED) is 0.940. The van der Waals surface area contributed by atoms with Crippen LogP contribution in [0.2, 0.25) is 5.02 Å². The van der Waals surface area contributed by atoms with Crippen LogP contribution in [0.15, 0.2) is 34.9 Å². The van der Waals surface area contributed by atoms with Crippen molar-refractivity contribution in [1.29, 1.82) is 0 Å². The van der Waals surface area contributed by atoms with Crippen LogP contribution in [0.4, 0.5) is 0 Å². The van der Waals surface area contributed by atoms with Crippen molar-refractivity contribution >= 4 is 28.3 Å². The standard InChI is InChI=1S/C14H13ClN2O3S/c15-10-3-1-2-9(6-10)12-7-13(20-17-12)14(18)16-11-4-5-21(19)8-11/h1-3,6-7,11H,4-5,8H2,(H,16,18)/t11-,21+/m1/s1. The van der Waals surface area contributed by atoms with Crippen molar-refractivity contribution < 1.29 is 13.5 Å². The Bertz CT molecular complexity index is 701. The SMILES string of the molecule is O=C(N[C@@H]1CC[S@](=O)C1)c1cc(-c2cccc(Cl)c2)no1. The van der Waals surface area contributed by atoms with Crippen molar-refractivity contribution in [1.82, 2.24) is 10.5 Å². The van der Waals surface area contributed by atoms with E-state index in [2.05, 4.69) is 10.5 Å². The number of hydrogen-bond donors (Lipinski definition) is 1. The molecule has 0 spiro atoms. The number of carbonyl (C=O) groups excluding carboxylic acids is 1. The number of amides is 1. The molecule has 1 saturated heterocycles. The number of halogens is 1. The molecular formula is C14H13ClN2O3S. The van der Waals surface area contributed by atoms with Crippen molar-refractivity contribution in [3.8, 4) is 11.3 Å². The highest BCUT2D eigenvalue weighted by molar-refractivity contribution is 7.85. The Kier molecular flexibility index (Phi) is 4.07. The van der Waals surface area contributed by atoms with E-state index in [1.54, 1.807) is 24.3 Å². The summed E-state index contributed by atoms with van der Waals surface area (Å²) in [6.45, 7) is 0. The third kappa shape index (κ3) is 3.33. The Morgan fingerprint density at radius 3 is 3.00 bits per heavy atom. The Hall–Kier alpha value is -1.66. The molecular weight excluding hydrogens is 312 g/mol. The van der Waals surface area contributed by atoms with Crippen LogP contribution in [0.25, 0.3) is 11.3 Å². The number of aromatic nitrogens is 1. The summed E-state index contributed by atoms with van der Waals surface area (Å²) in [6, 6.07) is 8.68. The zero-order valence-corrected chi connectivity index (χ0v) is 12.6. The van der Waals surface area contributed by atoms with Gasteiger partial charge in [-0.05, 0) is 18.6 Å². The molecule has 7 heteroatoms. The number of hydrogen-bond acceptors (Lipinski definition) is 4. The molecule has 5 nitrogen and oxygen atoms in total. The molecule has 2 atom stereocenters. The highest BCUT2D eigenvalue weighted by Gasteiger charge is 2.24. The molecule has 1 aliphatic rings. The number of benzene rings is 1. The Morgan fingerprint density at radius 1 is 1.43 bits per heavy atom. The van der Waals surface area contributed by atoms with E-state index >= 15 is 0 Å². The van der Waals surface area contributed by atoms with Crippen LogP contribution in [0.5, 0.6) is 0 Å². The fraction of sp³-hybridized carbons (Fsp3) is 0.286. The maximum absolute atomic E-state index is 12.0. The van der Waals surface area contributed by atoms with Gasteiger partial charge < -0.3 is 9.84 Å². The number of carbonyl (C=O) groups is 1. The summed E-state index contributed by atoms with van der Waals surface area (Å²) in [5.41, 5.74) is 1.34. The third-order valence-electron chi connectivity index (χ3n) is 3.27. The lowest BCUT2D eigenvalue weighted by Crippen LogP contribution is -2.34. The topological polar surface area (TPSA) is 72.2 Å². The average Bonchev–Trinajstić information content (AvgIpc) is 3.08. The van der Waals surface area contributed by atoms with Crippen LogP contribution in [0.1, 0.15) is 17.0 Å².